The predicted molar refractivity (Wildman–Crippen MR) is 113 cm³/mol. The fraction of sp³-hybridized carbons (Fsp3) is 0.217. The summed E-state index contributed by atoms with van der Waals surface area (Å²) in [6, 6.07) is 10.1. The number of benzene rings is 2. The lowest BCUT2D eigenvalue weighted by Crippen LogP contribution is -2.28. The summed E-state index contributed by atoms with van der Waals surface area (Å²) >= 11 is 6.33. The molecule has 0 aliphatic carbocycles. The first-order chi connectivity index (χ1) is 14.9. The van der Waals surface area contributed by atoms with Crippen LogP contribution in [-0.4, -0.2) is 21.8 Å². The maximum atomic E-state index is 14.0. The second-order valence-corrected chi connectivity index (χ2v) is 7.86. The van der Waals surface area contributed by atoms with E-state index in [4.69, 9.17) is 16.7 Å². The standard InChI is InChI=1S/C23H18ClF4NO3/c1-12(21(23(26,27)28)15-5-8-20(30)29(2)11-15)16-6-3-14(10-18(16)24)13-4-7-19(25)17(9-13)22(31)32/h3-12,21H,1-2H3,(H,31,32)/t12-,21+/m1/s1. The van der Waals surface area contributed by atoms with Gasteiger partial charge < -0.3 is 9.67 Å². The Morgan fingerprint density at radius 1 is 1.06 bits per heavy atom. The van der Waals surface area contributed by atoms with Gasteiger partial charge in [0, 0.05) is 24.3 Å². The van der Waals surface area contributed by atoms with Crippen molar-refractivity contribution in [2.75, 3.05) is 0 Å². The molecule has 0 radical (unpaired) electrons. The van der Waals surface area contributed by atoms with Gasteiger partial charge in [-0.25, -0.2) is 9.18 Å². The fourth-order valence-corrected chi connectivity index (χ4v) is 4.04. The van der Waals surface area contributed by atoms with Gasteiger partial charge in [0.2, 0.25) is 5.56 Å². The minimum absolute atomic E-state index is 0.0512. The number of rotatable bonds is 5. The third-order valence-corrected chi connectivity index (χ3v) is 5.67. The number of hydrogen-bond donors (Lipinski definition) is 1. The molecule has 9 heteroatoms. The zero-order chi connectivity index (χ0) is 23.8. The van der Waals surface area contributed by atoms with E-state index in [9.17, 15) is 27.2 Å². The average Bonchev–Trinajstić information content (AvgIpc) is 2.69. The van der Waals surface area contributed by atoms with Crippen LogP contribution >= 0.6 is 11.6 Å². The van der Waals surface area contributed by atoms with E-state index in [0.717, 1.165) is 35.0 Å². The summed E-state index contributed by atoms with van der Waals surface area (Å²) in [6.45, 7) is 1.39. The lowest BCUT2D eigenvalue weighted by atomic mass is 9.82. The minimum atomic E-state index is -4.60. The van der Waals surface area contributed by atoms with Gasteiger partial charge in [-0.05, 0) is 46.4 Å². The van der Waals surface area contributed by atoms with E-state index in [-0.39, 0.29) is 16.1 Å². The van der Waals surface area contributed by atoms with Crippen LogP contribution in [0.5, 0.6) is 0 Å². The SMILES string of the molecule is C[C@H](c1ccc(-c2ccc(F)c(C(=O)O)c2)cc1Cl)[C@@H](c1ccc(=O)n(C)c1)C(F)(F)F. The molecule has 2 aromatic carbocycles. The molecule has 0 aliphatic heterocycles. The van der Waals surface area contributed by atoms with Crippen molar-refractivity contribution in [2.45, 2.75) is 24.9 Å². The topological polar surface area (TPSA) is 59.3 Å². The normalized spacial score (nSPS) is 13.6. The van der Waals surface area contributed by atoms with Crippen molar-refractivity contribution in [3.8, 4) is 11.1 Å². The van der Waals surface area contributed by atoms with E-state index in [2.05, 4.69) is 0 Å². The molecule has 1 aromatic heterocycles. The van der Waals surface area contributed by atoms with Crippen LogP contribution in [0.1, 0.15) is 40.2 Å². The van der Waals surface area contributed by atoms with Crippen LogP contribution in [0.15, 0.2) is 59.5 Å². The molecular formula is C23H18ClF4NO3. The molecule has 2 atom stereocenters. The quantitative estimate of drug-likeness (QED) is 0.469. The first-order valence-corrected chi connectivity index (χ1v) is 9.84. The highest BCUT2D eigenvalue weighted by Gasteiger charge is 2.45. The highest BCUT2D eigenvalue weighted by molar-refractivity contribution is 6.31. The van der Waals surface area contributed by atoms with Crippen molar-refractivity contribution >= 4 is 17.6 Å². The lowest BCUT2D eigenvalue weighted by Gasteiger charge is -2.28. The monoisotopic (exact) mass is 467 g/mol. The summed E-state index contributed by atoms with van der Waals surface area (Å²) in [5, 5.41) is 9.15. The number of alkyl halides is 3. The molecule has 0 aliphatic rings. The van der Waals surface area contributed by atoms with Gasteiger partial charge in [0.25, 0.3) is 0 Å². The molecule has 0 spiro atoms. The zero-order valence-corrected chi connectivity index (χ0v) is 17.7. The van der Waals surface area contributed by atoms with Crippen LogP contribution in [0.25, 0.3) is 11.1 Å². The molecule has 0 saturated heterocycles. The van der Waals surface area contributed by atoms with Crippen LogP contribution in [0.3, 0.4) is 0 Å². The summed E-state index contributed by atoms with van der Waals surface area (Å²) < 4.78 is 56.7. The summed E-state index contributed by atoms with van der Waals surface area (Å²) in [5.74, 6) is -5.34. The number of aromatic nitrogens is 1. The van der Waals surface area contributed by atoms with E-state index < -0.39 is 40.9 Å². The van der Waals surface area contributed by atoms with Gasteiger partial charge in [0.1, 0.15) is 5.82 Å². The number of carbonyl (C=O) groups is 1. The third-order valence-electron chi connectivity index (χ3n) is 5.34. The van der Waals surface area contributed by atoms with Gasteiger partial charge in [-0.2, -0.15) is 13.2 Å². The maximum Gasteiger partial charge on any atom is 0.396 e. The minimum Gasteiger partial charge on any atom is -0.478 e. The second-order valence-electron chi connectivity index (χ2n) is 7.46. The number of aryl methyl sites for hydroxylation is 1. The molecule has 0 unspecified atom stereocenters. The first-order valence-electron chi connectivity index (χ1n) is 9.46. The molecule has 32 heavy (non-hydrogen) atoms. The molecule has 0 amide bonds. The molecule has 0 saturated carbocycles. The number of nitrogens with zero attached hydrogens (tertiary/aromatic N) is 1. The van der Waals surface area contributed by atoms with Crippen molar-refractivity contribution in [1.82, 2.24) is 4.57 Å². The highest BCUT2D eigenvalue weighted by Crippen LogP contribution is 2.46. The van der Waals surface area contributed by atoms with E-state index in [1.54, 1.807) is 0 Å². The highest BCUT2D eigenvalue weighted by atomic mass is 35.5. The van der Waals surface area contributed by atoms with Gasteiger partial charge in [-0.15, -0.1) is 0 Å². The van der Waals surface area contributed by atoms with Gasteiger partial charge >= 0.3 is 12.1 Å². The smallest absolute Gasteiger partial charge is 0.396 e. The first kappa shape index (κ1) is 23.5. The van der Waals surface area contributed by atoms with Crippen molar-refractivity contribution in [3.05, 3.63) is 92.6 Å². The molecule has 0 bridgehead atoms. The van der Waals surface area contributed by atoms with Crippen molar-refractivity contribution in [2.24, 2.45) is 7.05 Å². The van der Waals surface area contributed by atoms with Crippen molar-refractivity contribution < 1.29 is 27.5 Å². The van der Waals surface area contributed by atoms with Gasteiger partial charge in [0.15, 0.2) is 0 Å². The number of aromatic carboxylic acids is 1. The van der Waals surface area contributed by atoms with Crippen LogP contribution in [0, 0.1) is 5.82 Å². The van der Waals surface area contributed by atoms with Gasteiger partial charge in [-0.3, -0.25) is 4.79 Å². The Kier molecular flexibility index (Phi) is 6.46. The Hall–Kier alpha value is -3.13. The van der Waals surface area contributed by atoms with Crippen molar-refractivity contribution in [1.29, 1.82) is 0 Å². The summed E-state index contributed by atoms with van der Waals surface area (Å²) in [4.78, 5) is 22.8. The van der Waals surface area contributed by atoms with E-state index in [1.165, 1.54) is 38.2 Å². The number of hydrogen-bond acceptors (Lipinski definition) is 2. The Morgan fingerprint density at radius 2 is 1.69 bits per heavy atom. The summed E-state index contributed by atoms with van der Waals surface area (Å²) in [7, 11) is 1.37. The van der Waals surface area contributed by atoms with Crippen LogP contribution in [0.2, 0.25) is 5.02 Å². The number of halogens is 5. The fourth-order valence-electron chi connectivity index (χ4n) is 3.68. The van der Waals surface area contributed by atoms with Gasteiger partial charge in [-0.1, -0.05) is 42.8 Å². The van der Waals surface area contributed by atoms with Crippen LogP contribution in [0.4, 0.5) is 17.6 Å². The molecule has 3 rings (SSSR count). The molecular weight excluding hydrogens is 450 g/mol. The summed E-state index contributed by atoms with van der Waals surface area (Å²) in [6.07, 6.45) is -3.45. The van der Waals surface area contributed by atoms with E-state index in [1.807, 2.05) is 0 Å². The van der Waals surface area contributed by atoms with Crippen molar-refractivity contribution in [3.63, 3.8) is 0 Å². The Balaban J connectivity index is 2.03. The molecule has 4 nitrogen and oxygen atoms in total. The number of pyridine rings is 1. The third kappa shape index (κ3) is 4.70. The average molecular weight is 468 g/mol. The van der Waals surface area contributed by atoms with Crippen LogP contribution < -0.4 is 5.56 Å². The molecule has 168 valence electrons. The Labute approximate surface area is 185 Å². The lowest BCUT2D eigenvalue weighted by molar-refractivity contribution is -0.154. The second kappa shape index (κ2) is 8.78. The zero-order valence-electron chi connectivity index (χ0n) is 17.0. The molecule has 3 aromatic rings. The van der Waals surface area contributed by atoms with E-state index >= 15 is 0 Å². The molecule has 1 N–H and O–H groups in total. The Morgan fingerprint density at radius 3 is 2.25 bits per heavy atom. The Bertz CT molecular complexity index is 1240. The largest absolute Gasteiger partial charge is 0.478 e. The number of carboxylic acid groups (broad SMARTS) is 1. The van der Waals surface area contributed by atoms with E-state index in [0.29, 0.717) is 11.1 Å². The maximum absolute atomic E-state index is 14.0. The molecule has 1 heterocycles. The van der Waals surface area contributed by atoms with Gasteiger partial charge in [0.05, 0.1) is 11.5 Å². The summed E-state index contributed by atoms with van der Waals surface area (Å²) in [5.41, 5.74) is -0.00822. The van der Waals surface area contributed by atoms with Crippen LogP contribution in [-0.2, 0) is 7.05 Å². The predicted octanol–water partition coefficient (Wildman–Crippen LogP) is 5.99. The number of carboxylic acids is 1. The molecule has 0 fully saturated rings.